The first-order chi connectivity index (χ1) is 9.09. The molecule has 0 fully saturated rings. The summed E-state index contributed by atoms with van der Waals surface area (Å²) in [6.07, 6.45) is 2.11. The quantitative estimate of drug-likeness (QED) is 0.642. The summed E-state index contributed by atoms with van der Waals surface area (Å²) in [5.41, 5.74) is 0.575. The van der Waals surface area contributed by atoms with Gasteiger partial charge in [-0.1, -0.05) is 18.2 Å². The lowest BCUT2D eigenvalue weighted by molar-refractivity contribution is -0.385. The molecule has 6 heteroatoms. The van der Waals surface area contributed by atoms with E-state index < -0.39 is 4.92 Å². The number of nitro benzene ring substituents is 1. The van der Waals surface area contributed by atoms with E-state index in [0.29, 0.717) is 23.0 Å². The van der Waals surface area contributed by atoms with E-state index in [2.05, 4.69) is 15.9 Å². The van der Waals surface area contributed by atoms with Crippen LogP contribution in [0.15, 0.2) is 51.9 Å². The number of aryl methyl sites for hydroxylation is 2. The molecule has 0 bridgehead atoms. The Morgan fingerprint density at radius 3 is 2.68 bits per heavy atom. The molecule has 0 saturated carbocycles. The van der Waals surface area contributed by atoms with E-state index in [1.165, 1.54) is 10.6 Å². The molecule has 1 aromatic carbocycles. The molecule has 0 aliphatic carbocycles. The summed E-state index contributed by atoms with van der Waals surface area (Å²) < 4.78 is 2.01. The predicted molar refractivity (Wildman–Crippen MR) is 75.2 cm³/mol. The highest BCUT2D eigenvalue weighted by molar-refractivity contribution is 9.10. The molecular formula is C13H11BrN2O3. The van der Waals surface area contributed by atoms with Crippen molar-refractivity contribution in [3.8, 4) is 0 Å². The fraction of sp³-hybridized carbons (Fsp3) is 0.154. The molecule has 2 rings (SSSR count). The van der Waals surface area contributed by atoms with E-state index >= 15 is 0 Å². The van der Waals surface area contributed by atoms with Gasteiger partial charge in [0.15, 0.2) is 0 Å². The first-order valence-electron chi connectivity index (χ1n) is 5.67. The van der Waals surface area contributed by atoms with E-state index in [9.17, 15) is 14.9 Å². The maximum Gasteiger partial charge on any atom is 0.272 e. The molecule has 0 saturated heterocycles. The predicted octanol–water partition coefficient (Wildman–Crippen LogP) is 2.76. The summed E-state index contributed by atoms with van der Waals surface area (Å²) in [5, 5.41) is 10.9. The number of nitrogens with zero attached hydrogens (tertiary/aromatic N) is 2. The highest BCUT2D eigenvalue weighted by atomic mass is 79.9. The molecule has 2 aromatic rings. The molecule has 1 heterocycles. The van der Waals surface area contributed by atoms with Crippen LogP contribution >= 0.6 is 15.9 Å². The molecule has 0 amide bonds. The Morgan fingerprint density at radius 2 is 1.95 bits per heavy atom. The monoisotopic (exact) mass is 322 g/mol. The van der Waals surface area contributed by atoms with Gasteiger partial charge in [0.25, 0.3) is 11.2 Å². The Bertz CT molecular complexity index is 667. The van der Waals surface area contributed by atoms with Gasteiger partial charge in [-0.05, 0) is 34.5 Å². The zero-order valence-electron chi connectivity index (χ0n) is 9.95. The van der Waals surface area contributed by atoms with E-state index in [-0.39, 0.29) is 11.2 Å². The second-order valence-corrected chi connectivity index (χ2v) is 4.84. The summed E-state index contributed by atoms with van der Waals surface area (Å²) >= 11 is 3.17. The van der Waals surface area contributed by atoms with Crippen LogP contribution < -0.4 is 5.56 Å². The molecule has 0 aliphatic rings. The number of aromatic nitrogens is 1. The smallest absolute Gasteiger partial charge is 0.272 e. The molecule has 0 aliphatic heterocycles. The van der Waals surface area contributed by atoms with Gasteiger partial charge >= 0.3 is 0 Å². The molecule has 98 valence electrons. The second-order valence-electron chi connectivity index (χ2n) is 3.99. The van der Waals surface area contributed by atoms with Crippen LogP contribution in [0.4, 0.5) is 5.69 Å². The number of pyridine rings is 1. The number of hydrogen-bond donors (Lipinski definition) is 0. The minimum Gasteiger partial charge on any atom is -0.314 e. The fourth-order valence-corrected chi connectivity index (χ4v) is 2.21. The maximum absolute atomic E-state index is 11.8. The van der Waals surface area contributed by atoms with Crippen molar-refractivity contribution in [1.82, 2.24) is 4.57 Å². The molecule has 0 unspecified atom stereocenters. The van der Waals surface area contributed by atoms with Gasteiger partial charge in [-0.15, -0.1) is 0 Å². The third-order valence-electron chi connectivity index (χ3n) is 2.78. The number of halogens is 1. The van der Waals surface area contributed by atoms with Crippen LogP contribution in [-0.2, 0) is 13.0 Å². The molecule has 0 N–H and O–H groups in total. The average Bonchev–Trinajstić information content (AvgIpc) is 2.40. The van der Waals surface area contributed by atoms with Gasteiger partial charge in [-0.3, -0.25) is 14.9 Å². The standard InChI is InChI=1S/C13H11BrN2O3/c14-11-5-3-8-15(13(11)17)9-7-10-4-1-2-6-12(10)16(18)19/h1-6,8H,7,9H2. The third kappa shape index (κ3) is 3.08. The highest BCUT2D eigenvalue weighted by Crippen LogP contribution is 2.18. The molecule has 0 atom stereocenters. The summed E-state index contributed by atoms with van der Waals surface area (Å²) in [7, 11) is 0. The van der Waals surface area contributed by atoms with E-state index in [1.807, 2.05) is 0 Å². The van der Waals surface area contributed by atoms with Crippen molar-refractivity contribution in [2.24, 2.45) is 0 Å². The van der Waals surface area contributed by atoms with E-state index in [1.54, 1.807) is 36.5 Å². The highest BCUT2D eigenvalue weighted by Gasteiger charge is 2.12. The van der Waals surface area contributed by atoms with Crippen LogP contribution in [0.1, 0.15) is 5.56 Å². The van der Waals surface area contributed by atoms with Crippen molar-refractivity contribution in [2.45, 2.75) is 13.0 Å². The zero-order valence-corrected chi connectivity index (χ0v) is 11.5. The van der Waals surface area contributed by atoms with Crippen molar-refractivity contribution >= 4 is 21.6 Å². The summed E-state index contributed by atoms with van der Waals surface area (Å²) in [5.74, 6) is 0. The second kappa shape index (κ2) is 5.79. The Hall–Kier alpha value is -1.95. The Labute approximate surface area is 117 Å². The van der Waals surface area contributed by atoms with Crippen LogP contribution in [0.3, 0.4) is 0 Å². The van der Waals surface area contributed by atoms with Crippen LogP contribution in [0, 0.1) is 10.1 Å². The first-order valence-corrected chi connectivity index (χ1v) is 6.46. The average molecular weight is 323 g/mol. The van der Waals surface area contributed by atoms with E-state index in [4.69, 9.17) is 0 Å². The number of nitro groups is 1. The van der Waals surface area contributed by atoms with Gasteiger partial charge < -0.3 is 4.57 Å². The van der Waals surface area contributed by atoms with Crippen LogP contribution in [-0.4, -0.2) is 9.49 Å². The Morgan fingerprint density at radius 1 is 1.21 bits per heavy atom. The van der Waals surface area contributed by atoms with Gasteiger partial charge in [0.05, 0.1) is 9.40 Å². The molecule has 0 radical (unpaired) electrons. The van der Waals surface area contributed by atoms with Crippen LogP contribution in [0.5, 0.6) is 0 Å². The normalized spacial score (nSPS) is 10.4. The van der Waals surface area contributed by atoms with Crippen molar-refractivity contribution in [3.63, 3.8) is 0 Å². The summed E-state index contributed by atoms with van der Waals surface area (Å²) in [6, 6.07) is 9.99. The number of rotatable bonds is 4. The van der Waals surface area contributed by atoms with Crippen molar-refractivity contribution in [3.05, 3.63) is 73.1 Å². The van der Waals surface area contributed by atoms with Gasteiger partial charge in [-0.25, -0.2) is 0 Å². The molecule has 0 spiro atoms. The number of hydrogen-bond acceptors (Lipinski definition) is 3. The van der Waals surface area contributed by atoms with Crippen LogP contribution in [0.25, 0.3) is 0 Å². The Kier molecular flexibility index (Phi) is 4.11. The van der Waals surface area contributed by atoms with Gasteiger partial charge in [0.2, 0.25) is 0 Å². The number of para-hydroxylation sites is 1. The maximum atomic E-state index is 11.8. The summed E-state index contributed by atoms with van der Waals surface area (Å²) in [4.78, 5) is 22.3. The van der Waals surface area contributed by atoms with Gasteiger partial charge in [0.1, 0.15) is 0 Å². The van der Waals surface area contributed by atoms with Gasteiger partial charge in [0, 0.05) is 24.4 Å². The largest absolute Gasteiger partial charge is 0.314 e. The zero-order chi connectivity index (χ0) is 13.8. The summed E-state index contributed by atoms with van der Waals surface area (Å²) in [6.45, 7) is 0.406. The lowest BCUT2D eigenvalue weighted by Gasteiger charge is -2.06. The molecule has 5 nitrogen and oxygen atoms in total. The SMILES string of the molecule is O=c1c(Br)cccn1CCc1ccccc1[N+](=O)[O-]. The first kappa shape index (κ1) is 13.5. The van der Waals surface area contributed by atoms with E-state index in [0.717, 1.165) is 0 Å². The van der Waals surface area contributed by atoms with Crippen molar-refractivity contribution < 1.29 is 4.92 Å². The third-order valence-corrected chi connectivity index (χ3v) is 3.39. The van der Waals surface area contributed by atoms with Gasteiger partial charge in [-0.2, -0.15) is 0 Å². The van der Waals surface area contributed by atoms with Crippen molar-refractivity contribution in [1.29, 1.82) is 0 Å². The number of benzene rings is 1. The Balaban J connectivity index is 2.22. The van der Waals surface area contributed by atoms with Crippen LogP contribution in [0.2, 0.25) is 0 Å². The minimum absolute atomic E-state index is 0.0885. The topological polar surface area (TPSA) is 65.1 Å². The molecular weight excluding hydrogens is 312 g/mol. The molecule has 19 heavy (non-hydrogen) atoms. The molecule has 1 aromatic heterocycles. The lowest BCUT2D eigenvalue weighted by atomic mass is 10.1. The fourth-order valence-electron chi connectivity index (χ4n) is 1.82. The lowest BCUT2D eigenvalue weighted by Crippen LogP contribution is -2.20. The minimum atomic E-state index is -0.404. The van der Waals surface area contributed by atoms with Crippen molar-refractivity contribution in [2.75, 3.05) is 0 Å².